The topological polar surface area (TPSA) is 72.2 Å². The summed E-state index contributed by atoms with van der Waals surface area (Å²) in [5.41, 5.74) is 1.89. The van der Waals surface area contributed by atoms with E-state index in [4.69, 9.17) is 11.6 Å². The van der Waals surface area contributed by atoms with Crippen molar-refractivity contribution in [3.05, 3.63) is 111 Å². The molecule has 0 aromatic heterocycles. The molecule has 1 N–H and O–H groups in total. The van der Waals surface area contributed by atoms with Gasteiger partial charge in [0.15, 0.2) is 0 Å². The third-order valence-corrected chi connectivity index (χ3v) is 4.25. The van der Waals surface area contributed by atoms with Gasteiger partial charge in [0.1, 0.15) is 5.02 Å². The lowest BCUT2D eigenvalue weighted by Gasteiger charge is -2.20. The van der Waals surface area contributed by atoms with E-state index in [1.54, 1.807) is 0 Å². The number of benzene rings is 3. The van der Waals surface area contributed by atoms with Crippen LogP contribution in [0.3, 0.4) is 0 Å². The fourth-order valence-electron chi connectivity index (χ4n) is 2.66. The van der Waals surface area contributed by atoms with E-state index in [2.05, 4.69) is 5.32 Å². The minimum atomic E-state index is -0.583. The number of nitro benzene ring substituents is 1. The Kier molecular flexibility index (Phi) is 5.29. The van der Waals surface area contributed by atoms with Crippen LogP contribution in [0.4, 0.5) is 5.69 Å². The van der Waals surface area contributed by atoms with E-state index in [0.29, 0.717) is 0 Å². The molecule has 6 heteroatoms. The largest absolute Gasteiger partial charge is 0.341 e. The normalized spacial score (nSPS) is 10.5. The maximum absolute atomic E-state index is 12.7. The van der Waals surface area contributed by atoms with E-state index in [1.165, 1.54) is 18.2 Å². The van der Waals surface area contributed by atoms with Gasteiger partial charge in [0.05, 0.1) is 11.0 Å². The summed E-state index contributed by atoms with van der Waals surface area (Å²) in [6.45, 7) is 0. The zero-order valence-corrected chi connectivity index (χ0v) is 14.4. The van der Waals surface area contributed by atoms with E-state index < -0.39 is 4.92 Å². The molecule has 0 bridgehead atoms. The van der Waals surface area contributed by atoms with Crippen molar-refractivity contribution in [1.29, 1.82) is 0 Å². The van der Waals surface area contributed by atoms with Gasteiger partial charge in [0.25, 0.3) is 11.6 Å². The van der Waals surface area contributed by atoms with Gasteiger partial charge in [-0.05, 0) is 23.3 Å². The number of halogens is 1. The molecule has 130 valence electrons. The van der Waals surface area contributed by atoms with Gasteiger partial charge in [-0.1, -0.05) is 72.3 Å². The van der Waals surface area contributed by atoms with E-state index in [0.717, 1.165) is 11.1 Å². The Morgan fingerprint density at radius 3 is 1.92 bits per heavy atom. The molecule has 0 saturated heterocycles. The molecular weight excluding hydrogens is 352 g/mol. The molecule has 3 aromatic carbocycles. The van der Waals surface area contributed by atoms with Crippen LogP contribution < -0.4 is 5.32 Å². The first kappa shape index (κ1) is 17.6. The van der Waals surface area contributed by atoms with Crippen LogP contribution in [0.15, 0.2) is 78.9 Å². The van der Waals surface area contributed by atoms with Crippen molar-refractivity contribution < 1.29 is 9.72 Å². The van der Waals surface area contributed by atoms with Crippen LogP contribution in [-0.4, -0.2) is 10.8 Å². The number of amides is 1. The third-order valence-electron chi connectivity index (χ3n) is 3.95. The number of hydrogen-bond donors (Lipinski definition) is 1. The molecule has 1 amide bonds. The van der Waals surface area contributed by atoms with Crippen LogP contribution in [0.2, 0.25) is 5.02 Å². The predicted octanol–water partition coefficient (Wildman–Crippen LogP) is 4.77. The second-order valence-electron chi connectivity index (χ2n) is 5.65. The second-order valence-corrected chi connectivity index (χ2v) is 6.06. The van der Waals surface area contributed by atoms with Gasteiger partial charge < -0.3 is 5.32 Å². The van der Waals surface area contributed by atoms with Crippen molar-refractivity contribution in [2.75, 3.05) is 0 Å². The zero-order valence-electron chi connectivity index (χ0n) is 13.6. The Balaban J connectivity index is 1.91. The first-order valence-electron chi connectivity index (χ1n) is 7.91. The SMILES string of the molecule is O=C(NC(c1ccccc1)c1ccccc1)c1ccc([N+](=O)[O-])c(Cl)c1. The highest BCUT2D eigenvalue weighted by Gasteiger charge is 2.20. The molecule has 0 heterocycles. The quantitative estimate of drug-likeness (QED) is 0.522. The van der Waals surface area contributed by atoms with Gasteiger partial charge in [-0.3, -0.25) is 14.9 Å². The third kappa shape index (κ3) is 3.90. The number of nitrogens with one attached hydrogen (secondary N) is 1. The maximum Gasteiger partial charge on any atom is 0.287 e. The fraction of sp³-hybridized carbons (Fsp3) is 0.0500. The summed E-state index contributed by atoms with van der Waals surface area (Å²) in [5.74, 6) is -0.362. The van der Waals surface area contributed by atoms with Crippen LogP contribution in [0.25, 0.3) is 0 Å². The molecule has 26 heavy (non-hydrogen) atoms. The summed E-state index contributed by atoms with van der Waals surface area (Å²) in [7, 11) is 0. The summed E-state index contributed by atoms with van der Waals surface area (Å²) in [6.07, 6.45) is 0. The van der Waals surface area contributed by atoms with Gasteiger partial charge in [0, 0.05) is 11.6 Å². The molecule has 0 aliphatic rings. The molecule has 0 saturated carbocycles. The lowest BCUT2D eigenvalue weighted by atomic mass is 9.98. The smallest absolute Gasteiger partial charge is 0.287 e. The van der Waals surface area contributed by atoms with Crippen LogP contribution in [0.5, 0.6) is 0 Å². The Labute approximate surface area is 155 Å². The Bertz CT molecular complexity index is 891. The molecule has 0 unspecified atom stereocenters. The monoisotopic (exact) mass is 366 g/mol. The van der Waals surface area contributed by atoms with Crippen molar-refractivity contribution in [3.63, 3.8) is 0 Å². The molecule has 0 atom stereocenters. The van der Waals surface area contributed by atoms with Crippen molar-refractivity contribution in [2.24, 2.45) is 0 Å². The number of carbonyl (C=O) groups excluding carboxylic acids is 1. The average molecular weight is 367 g/mol. The van der Waals surface area contributed by atoms with Crippen molar-refractivity contribution in [2.45, 2.75) is 6.04 Å². The summed E-state index contributed by atoms with van der Waals surface area (Å²) < 4.78 is 0. The van der Waals surface area contributed by atoms with Crippen molar-refractivity contribution in [3.8, 4) is 0 Å². The molecular formula is C20H15ClN2O3. The predicted molar refractivity (Wildman–Crippen MR) is 100 cm³/mol. The number of nitrogens with zero attached hydrogens (tertiary/aromatic N) is 1. The number of hydrogen-bond acceptors (Lipinski definition) is 3. The molecule has 3 aromatic rings. The van der Waals surface area contributed by atoms with E-state index in [9.17, 15) is 14.9 Å². The summed E-state index contributed by atoms with van der Waals surface area (Å²) in [6, 6.07) is 22.7. The van der Waals surface area contributed by atoms with E-state index >= 15 is 0 Å². The number of rotatable bonds is 5. The highest BCUT2D eigenvalue weighted by molar-refractivity contribution is 6.33. The van der Waals surface area contributed by atoms with Crippen LogP contribution >= 0.6 is 11.6 Å². The molecule has 0 radical (unpaired) electrons. The molecule has 5 nitrogen and oxygen atoms in total. The highest BCUT2D eigenvalue weighted by Crippen LogP contribution is 2.26. The second kappa shape index (κ2) is 7.80. The minimum Gasteiger partial charge on any atom is -0.341 e. The van der Waals surface area contributed by atoms with E-state index in [1.807, 2.05) is 60.7 Å². The minimum absolute atomic E-state index is 0.0707. The molecule has 0 aliphatic carbocycles. The van der Waals surface area contributed by atoms with Crippen molar-refractivity contribution in [1.82, 2.24) is 5.32 Å². The van der Waals surface area contributed by atoms with Gasteiger partial charge in [0.2, 0.25) is 0 Å². The number of carbonyl (C=O) groups is 1. The van der Waals surface area contributed by atoms with Crippen LogP contribution in [0, 0.1) is 10.1 Å². The lowest BCUT2D eigenvalue weighted by Crippen LogP contribution is -2.29. The molecule has 0 spiro atoms. The summed E-state index contributed by atoms with van der Waals surface area (Å²) in [4.78, 5) is 23.0. The Hall–Kier alpha value is -3.18. The Morgan fingerprint density at radius 2 is 1.46 bits per heavy atom. The zero-order chi connectivity index (χ0) is 18.5. The van der Waals surface area contributed by atoms with Gasteiger partial charge in [-0.25, -0.2) is 0 Å². The van der Waals surface area contributed by atoms with Crippen LogP contribution in [0.1, 0.15) is 27.5 Å². The lowest BCUT2D eigenvalue weighted by molar-refractivity contribution is -0.384. The van der Waals surface area contributed by atoms with Crippen LogP contribution in [-0.2, 0) is 0 Å². The number of nitro groups is 1. The van der Waals surface area contributed by atoms with Gasteiger partial charge in [-0.15, -0.1) is 0 Å². The maximum atomic E-state index is 12.7. The van der Waals surface area contributed by atoms with Gasteiger partial charge in [-0.2, -0.15) is 0 Å². The Morgan fingerprint density at radius 1 is 0.923 bits per heavy atom. The van der Waals surface area contributed by atoms with E-state index in [-0.39, 0.29) is 28.2 Å². The molecule has 0 aliphatic heterocycles. The first-order valence-corrected chi connectivity index (χ1v) is 8.29. The molecule has 3 rings (SSSR count). The standard InChI is InChI=1S/C20H15ClN2O3/c21-17-13-16(11-12-18(17)23(25)26)20(24)22-19(14-7-3-1-4-8-14)15-9-5-2-6-10-15/h1-13,19H,(H,22,24). The van der Waals surface area contributed by atoms with Crippen molar-refractivity contribution >= 4 is 23.2 Å². The first-order chi connectivity index (χ1) is 12.6. The summed E-state index contributed by atoms with van der Waals surface area (Å²) in [5, 5.41) is 13.8. The van der Waals surface area contributed by atoms with Gasteiger partial charge >= 0.3 is 0 Å². The summed E-state index contributed by atoms with van der Waals surface area (Å²) >= 11 is 5.92. The average Bonchev–Trinajstić information content (AvgIpc) is 2.67. The fourth-order valence-corrected chi connectivity index (χ4v) is 2.91. The highest BCUT2D eigenvalue weighted by atomic mass is 35.5. The molecule has 0 fully saturated rings.